The van der Waals surface area contributed by atoms with Gasteiger partial charge in [0.1, 0.15) is 0 Å². The first-order chi connectivity index (χ1) is 13.8. The lowest BCUT2D eigenvalue weighted by Crippen LogP contribution is -2.42. The van der Waals surface area contributed by atoms with E-state index in [2.05, 4.69) is 5.32 Å². The molecule has 158 valence electrons. The second-order valence-electron chi connectivity index (χ2n) is 8.15. The largest absolute Gasteiger partial charge is 0.481 e. The van der Waals surface area contributed by atoms with Gasteiger partial charge in [0.2, 0.25) is 15.9 Å². The average molecular weight is 423 g/mol. The maximum absolute atomic E-state index is 12.9. The van der Waals surface area contributed by atoms with Crippen LogP contribution in [0.25, 0.3) is 0 Å². The summed E-state index contributed by atoms with van der Waals surface area (Å²) in [5.74, 6) is -2.99. The highest BCUT2D eigenvalue weighted by atomic mass is 32.2. The topological polar surface area (TPSA) is 113 Å². The summed E-state index contributed by atoms with van der Waals surface area (Å²) in [5.41, 5.74) is 0.438. The summed E-state index contributed by atoms with van der Waals surface area (Å²) >= 11 is 0. The zero-order valence-electron chi connectivity index (χ0n) is 16.3. The number of carboxylic acid groups (broad SMARTS) is 1. The monoisotopic (exact) mass is 422 g/mol. The number of carbonyl (C=O) groups excluding carboxylic acids is 1. The van der Waals surface area contributed by atoms with Crippen molar-refractivity contribution in [2.45, 2.75) is 62.2 Å². The fourth-order valence-electron chi connectivity index (χ4n) is 4.82. The molecule has 1 amide bonds. The van der Waals surface area contributed by atoms with E-state index in [0.717, 1.165) is 19.3 Å². The molecule has 3 saturated heterocycles. The van der Waals surface area contributed by atoms with Gasteiger partial charge in [-0.15, -0.1) is 0 Å². The van der Waals surface area contributed by atoms with E-state index in [1.165, 1.54) is 16.4 Å². The molecule has 3 aliphatic rings. The van der Waals surface area contributed by atoms with Gasteiger partial charge in [0.25, 0.3) is 0 Å². The van der Waals surface area contributed by atoms with E-state index >= 15 is 0 Å². The minimum Gasteiger partial charge on any atom is -0.481 e. The number of anilines is 1. The molecule has 0 aromatic heterocycles. The van der Waals surface area contributed by atoms with Crippen LogP contribution in [0.3, 0.4) is 0 Å². The minimum atomic E-state index is -3.58. The van der Waals surface area contributed by atoms with Crippen LogP contribution in [0.1, 0.15) is 39.0 Å². The Kier molecular flexibility index (Phi) is 5.39. The number of nitrogens with one attached hydrogen (secondary N) is 1. The van der Waals surface area contributed by atoms with Crippen molar-refractivity contribution in [2.24, 2.45) is 11.8 Å². The standard InChI is InChI=1S/C20H26N2O6S/c1-12-4-2-3-11-22(12)29(26,27)14-7-5-13(6-8-14)21-19(23)17-15-9-10-16(28-15)18(17)20(24)25/h5-8,12,15-18H,2-4,9-11H2,1H3,(H,21,23)(H,24,25)/t12-,15-,16+,17+,18-/m0/s1. The molecular formula is C20H26N2O6S. The number of carbonyl (C=O) groups is 2. The first kappa shape index (κ1) is 20.3. The van der Waals surface area contributed by atoms with Crippen LogP contribution < -0.4 is 5.32 Å². The van der Waals surface area contributed by atoms with Crippen molar-refractivity contribution in [3.8, 4) is 0 Å². The van der Waals surface area contributed by atoms with Crippen molar-refractivity contribution in [3.05, 3.63) is 24.3 Å². The number of ether oxygens (including phenoxy) is 1. The summed E-state index contributed by atoms with van der Waals surface area (Å²) in [4.78, 5) is 24.5. The van der Waals surface area contributed by atoms with Gasteiger partial charge in [-0.1, -0.05) is 6.42 Å². The number of benzene rings is 1. The zero-order valence-corrected chi connectivity index (χ0v) is 17.1. The van der Waals surface area contributed by atoms with Crippen molar-refractivity contribution >= 4 is 27.6 Å². The number of hydrogen-bond donors (Lipinski definition) is 2. The third-order valence-corrected chi connectivity index (χ3v) is 8.36. The number of hydrogen-bond acceptors (Lipinski definition) is 5. The van der Waals surface area contributed by atoms with Crippen LogP contribution in [-0.4, -0.2) is 54.5 Å². The molecule has 0 radical (unpaired) electrons. The molecule has 29 heavy (non-hydrogen) atoms. The molecule has 4 rings (SSSR count). The van der Waals surface area contributed by atoms with Gasteiger partial charge in [-0.3, -0.25) is 9.59 Å². The lowest BCUT2D eigenvalue weighted by Gasteiger charge is -2.32. The maximum atomic E-state index is 12.9. The molecule has 2 bridgehead atoms. The Bertz CT molecular complexity index is 900. The molecule has 8 nitrogen and oxygen atoms in total. The van der Waals surface area contributed by atoms with Crippen LogP contribution in [0.4, 0.5) is 5.69 Å². The highest BCUT2D eigenvalue weighted by Crippen LogP contribution is 2.44. The SMILES string of the molecule is C[C@H]1CCCCN1S(=O)(=O)c1ccc(NC(=O)[C@H]2[C@@H](C(=O)O)[C@H]3CC[C@@H]2O3)cc1. The van der Waals surface area contributed by atoms with Crippen molar-refractivity contribution in [1.82, 2.24) is 4.31 Å². The number of fused-ring (bicyclic) bond motifs is 2. The fourth-order valence-corrected chi connectivity index (χ4v) is 6.52. The highest BCUT2D eigenvalue weighted by molar-refractivity contribution is 7.89. The first-order valence-corrected chi connectivity index (χ1v) is 11.5. The number of carboxylic acids is 1. The molecule has 3 fully saturated rings. The van der Waals surface area contributed by atoms with Crippen LogP contribution in [0.2, 0.25) is 0 Å². The van der Waals surface area contributed by atoms with Crippen LogP contribution in [0.5, 0.6) is 0 Å². The molecule has 0 aliphatic carbocycles. The summed E-state index contributed by atoms with van der Waals surface area (Å²) in [6, 6.07) is 6.03. The second-order valence-corrected chi connectivity index (χ2v) is 10.0. The summed E-state index contributed by atoms with van der Waals surface area (Å²) in [6.45, 7) is 2.43. The fraction of sp³-hybridized carbons (Fsp3) is 0.600. The summed E-state index contributed by atoms with van der Waals surface area (Å²) in [5, 5.41) is 12.2. The molecule has 5 atom stereocenters. The summed E-state index contributed by atoms with van der Waals surface area (Å²) < 4.78 is 33.0. The smallest absolute Gasteiger partial charge is 0.310 e. The van der Waals surface area contributed by atoms with Crippen LogP contribution in [0, 0.1) is 11.8 Å². The molecule has 9 heteroatoms. The molecule has 0 unspecified atom stereocenters. The van der Waals surface area contributed by atoms with Gasteiger partial charge in [0, 0.05) is 18.3 Å². The Labute approximate surface area is 170 Å². The minimum absolute atomic E-state index is 0.0288. The van der Waals surface area contributed by atoms with Gasteiger partial charge in [-0.05, 0) is 56.9 Å². The first-order valence-electron chi connectivity index (χ1n) is 10.1. The van der Waals surface area contributed by atoms with Gasteiger partial charge >= 0.3 is 5.97 Å². The molecule has 0 saturated carbocycles. The van der Waals surface area contributed by atoms with E-state index in [-0.39, 0.29) is 17.0 Å². The normalized spacial score (nSPS) is 32.2. The number of rotatable bonds is 5. The van der Waals surface area contributed by atoms with E-state index in [4.69, 9.17) is 4.74 Å². The lowest BCUT2D eigenvalue weighted by molar-refractivity contribution is -0.147. The predicted octanol–water partition coefficient (Wildman–Crippen LogP) is 2.07. The average Bonchev–Trinajstić information content (AvgIpc) is 3.30. The van der Waals surface area contributed by atoms with Gasteiger partial charge in [0.15, 0.2) is 0 Å². The Morgan fingerprint density at radius 1 is 1.07 bits per heavy atom. The van der Waals surface area contributed by atoms with E-state index in [9.17, 15) is 23.1 Å². The molecule has 1 aromatic carbocycles. The van der Waals surface area contributed by atoms with Crippen molar-refractivity contribution < 1.29 is 27.9 Å². The highest BCUT2D eigenvalue weighted by Gasteiger charge is 2.55. The van der Waals surface area contributed by atoms with Crippen LogP contribution >= 0.6 is 0 Å². The van der Waals surface area contributed by atoms with Gasteiger partial charge in [-0.2, -0.15) is 4.31 Å². The van der Waals surface area contributed by atoms with Gasteiger partial charge in [0.05, 0.1) is 28.9 Å². The second kappa shape index (κ2) is 7.70. The molecule has 0 spiro atoms. The van der Waals surface area contributed by atoms with Crippen LogP contribution in [0.15, 0.2) is 29.2 Å². The molecular weight excluding hydrogens is 396 g/mol. The Hall–Kier alpha value is -1.97. The lowest BCUT2D eigenvalue weighted by atomic mass is 9.78. The Balaban J connectivity index is 1.47. The molecule has 2 N–H and O–H groups in total. The number of amides is 1. The van der Waals surface area contributed by atoms with E-state index in [0.29, 0.717) is 25.1 Å². The number of aliphatic carboxylic acids is 1. The van der Waals surface area contributed by atoms with E-state index < -0.39 is 39.8 Å². The number of sulfonamides is 1. The maximum Gasteiger partial charge on any atom is 0.310 e. The summed E-state index contributed by atoms with van der Waals surface area (Å²) in [6.07, 6.45) is 3.29. The quantitative estimate of drug-likeness (QED) is 0.751. The van der Waals surface area contributed by atoms with Crippen LogP contribution in [-0.2, 0) is 24.3 Å². The molecule has 3 heterocycles. The van der Waals surface area contributed by atoms with E-state index in [1.54, 1.807) is 12.1 Å². The van der Waals surface area contributed by atoms with Crippen molar-refractivity contribution in [2.75, 3.05) is 11.9 Å². The summed E-state index contributed by atoms with van der Waals surface area (Å²) in [7, 11) is -3.58. The Morgan fingerprint density at radius 2 is 1.72 bits per heavy atom. The van der Waals surface area contributed by atoms with E-state index in [1.807, 2.05) is 6.92 Å². The van der Waals surface area contributed by atoms with Gasteiger partial charge < -0.3 is 15.2 Å². The van der Waals surface area contributed by atoms with Crippen molar-refractivity contribution in [3.63, 3.8) is 0 Å². The number of nitrogens with zero attached hydrogens (tertiary/aromatic N) is 1. The van der Waals surface area contributed by atoms with Crippen molar-refractivity contribution in [1.29, 1.82) is 0 Å². The third-order valence-electron chi connectivity index (χ3n) is 6.33. The zero-order chi connectivity index (χ0) is 20.8. The third kappa shape index (κ3) is 3.67. The predicted molar refractivity (Wildman–Crippen MR) is 105 cm³/mol. The van der Waals surface area contributed by atoms with Gasteiger partial charge in [-0.25, -0.2) is 8.42 Å². The molecule has 1 aromatic rings. The number of piperidine rings is 1. The molecule has 3 aliphatic heterocycles. The Morgan fingerprint density at radius 3 is 2.34 bits per heavy atom.